The van der Waals surface area contributed by atoms with Gasteiger partial charge in [-0.1, -0.05) is 0 Å². The van der Waals surface area contributed by atoms with Crippen molar-refractivity contribution in [2.45, 2.75) is 26.3 Å². The van der Waals surface area contributed by atoms with Crippen molar-refractivity contribution in [3.8, 4) is 12.3 Å². The van der Waals surface area contributed by atoms with Gasteiger partial charge in [-0.05, 0) is 26.0 Å². The average Bonchev–Trinajstić information content (AvgIpc) is 2.28. The van der Waals surface area contributed by atoms with Gasteiger partial charge in [-0.25, -0.2) is 0 Å². The number of rotatable bonds is 4. The Kier molecular flexibility index (Phi) is 4.44. The molecule has 1 aromatic rings. The highest BCUT2D eigenvalue weighted by atomic mass is 16.6. The molecule has 0 radical (unpaired) electrons. The highest BCUT2D eigenvalue weighted by Gasteiger charge is 2.14. The first-order valence-corrected chi connectivity index (χ1v) is 5.45. The minimum atomic E-state index is -0.474. The molecule has 1 N–H and O–H groups in total. The van der Waals surface area contributed by atoms with Crippen LogP contribution in [0.25, 0.3) is 0 Å². The molecule has 5 heteroatoms. The van der Waals surface area contributed by atoms with Crippen molar-refractivity contribution in [1.82, 2.24) is 5.32 Å². The Labute approximate surface area is 105 Å². The zero-order chi connectivity index (χ0) is 13.7. The summed E-state index contributed by atoms with van der Waals surface area (Å²) in [4.78, 5) is 22.0. The van der Waals surface area contributed by atoms with Gasteiger partial charge in [0, 0.05) is 29.7 Å². The zero-order valence-electron chi connectivity index (χ0n) is 10.3. The minimum Gasteiger partial charge on any atom is -0.349 e. The van der Waals surface area contributed by atoms with Crippen LogP contribution in [0.4, 0.5) is 5.69 Å². The number of amides is 1. The molecule has 0 bridgehead atoms. The van der Waals surface area contributed by atoms with Crippen LogP contribution in [0.3, 0.4) is 0 Å². The van der Waals surface area contributed by atoms with Crippen LogP contribution < -0.4 is 5.32 Å². The molecule has 1 amide bonds. The van der Waals surface area contributed by atoms with E-state index in [1.807, 2.05) is 0 Å². The van der Waals surface area contributed by atoms with E-state index in [9.17, 15) is 14.9 Å². The van der Waals surface area contributed by atoms with E-state index < -0.39 is 4.92 Å². The molecule has 0 aliphatic heterocycles. The average molecular weight is 246 g/mol. The van der Waals surface area contributed by atoms with Crippen LogP contribution in [0.5, 0.6) is 0 Å². The van der Waals surface area contributed by atoms with E-state index in [4.69, 9.17) is 6.42 Å². The van der Waals surface area contributed by atoms with Gasteiger partial charge in [-0.15, -0.1) is 12.3 Å². The molecular formula is C13H14N2O3. The maximum absolute atomic E-state index is 11.8. The molecular weight excluding hydrogens is 232 g/mol. The van der Waals surface area contributed by atoms with Crippen molar-refractivity contribution < 1.29 is 9.72 Å². The Morgan fingerprint density at radius 3 is 2.78 bits per heavy atom. The summed E-state index contributed by atoms with van der Waals surface area (Å²) in [6.45, 7) is 3.40. The van der Waals surface area contributed by atoms with Gasteiger partial charge in [0.15, 0.2) is 0 Å². The second-order valence-electron chi connectivity index (χ2n) is 4.04. The quantitative estimate of drug-likeness (QED) is 0.502. The predicted octanol–water partition coefficient (Wildman–Crippen LogP) is 2.04. The third-order valence-electron chi connectivity index (χ3n) is 2.46. The second kappa shape index (κ2) is 5.82. The van der Waals surface area contributed by atoms with Gasteiger partial charge in [-0.3, -0.25) is 14.9 Å². The molecule has 0 spiro atoms. The summed E-state index contributed by atoms with van der Waals surface area (Å²) in [5.41, 5.74) is 0.849. The third kappa shape index (κ3) is 3.32. The number of nitro groups is 1. The Balaban J connectivity index is 2.85. The molecule has 1 aromatic carbocycles. The maximum Gasteiger partial charge on any atom is 0.272 e. The molecule has 18 heavy (non-hydrogen) atoms. The van der Waals surface area contributed by atoms with E-state index in [0.717, 1.165) is 0 Å². The summed E-state index contributed by atoms with van der Waals surface area (Å²) in [6, 6.07) is 4.13. The Morgan fingerprint density at radius 2 is 2.28 bits per heavy atom. The first-order valence-electron chi connectivity index (χ1n) is 5.45. The Morgan fingerprint density at radius 1 is 1.61 bits per heavy atom. The number of nitrogens with zero attached hydrogens (tertiary/aromatic N) is 1. The molecule has 1 rings (SSSR count). The molecule has 0 fully saturated rings. The van der Waals surface area contributed by atoms with E-state index >= 15 is 0 Å². The first kappa shape index (κ1) is 13.7. The molecule has 0 aliphatic rings. The lowest BCUT2D eigenvalue weighted by atomic mass is 10.1. The predicted molar refractivity (Wildman–Crippen MR) is 68.2 cm³/mol. The van der Waals surface area contributed by atoms with Crippen LogP contribution in [0.15, 0.2) is 18.2 Å². The molecule has 0 saturated heterocycles. The van der Waals surface area contributed by atoms with Crippen molar-refractivity contribution in [2.24, 2.45) is 0 Å². The van der Waals surface area contributed by atoms with Crippen LogP contribution in [-0.4, -0.2) is 16.9 Å². The highest BCUT2D eigenvalue weighted by Crippen LogP contribution is 2.18. The summed E-state index contributed by atoms with van der Waals surface area (Å²) < 4.78 is 0. The SMILES string of the molecule is C#CCC(C)NC(=O)c1ccc([N+](=O)[O-])c(C)c1. The molecule has 94 valence electrons. The zero-order valence-corrected chi connectivity index (χ0v) is 10.3. The highest BCUT2D eigenvalue weighted by molar-refractivity contribution is 5.94. The van der Waals surface area contributed by atoms with E-state index in [1.54, 1.807) is 13.8 Å². The van der Waals surface area contributed by atoms with Gasteiger partial charge in [0.1, 0.15) is 0 Å². The van der Waals surface area contributed by atoms with Gasteiger partial charge in [-0.2, -0.15) is 0 Å². The van der Waals surface area contributed by atoms with E-state index in [2.05, 4.69) is 11.2 Å². The number of benzene rings is 1. The van der Waals surface area contributed by atoms with Gasteiger partial charge < -0.3 is 5.32 Å². The lowest BCUT2D eigenvalue weighted by Gasteiger charge is -2.11. The van der Waals surface area contributed by atoms with E-state index in [1.165, 1.54) is 18.2 Å². The molecule has 1 unspecified atom stereocenters. The van der Waals surface area contributed by atoms with E-state index in [0.29, 0.717) is 17.5 Å². The van der Waals surface area contributed by atoms with Gasteiger partial charge in [0.2, 0.25) is 0 Å². The molecule has 0 aliphatic carbocycles. The molecule has 1 atom stereocenters. The van der Waals surface area contributed by atoms with Crippen molar-refractivity contribution >= 4 is 11.6 Å². The third-order valence-corrected chi connectivity index (χ3v) is 2.46. The largest absolute Gasteiger partial charge is 0.349 e. The van der Waals surface area contributed by atoms with Crippen molar-refractivity contribution in [1.29, 1.82) is 0 Å². The normalized spacial score (nSPS) is 11.4. The number of hydrogen-bond donors (Lipinski definition) is 1. The number of hydrogen-bond acceptors (Lipinski definition) is 3. The fourth-order valence-electron chi connectivity index (χ4n) is 1.54. The first-order chi connectivity index (χ1) is 8.45. The van der Waals surface area contributed by atoms with Crippen LogP contribution in [0.1, 0.15) is 29.3 Å². The van der Waals surface area contributed by atoms with Crippen molar-refractivity contribution in [3.05, 3.63) is 39.4 Å². The molecule has 5 nitrogen and oxygen atoms in total. The minimum absolute atomic E-state index is 0.00298. The number of carbonyl (C=O) groups is 1. The summed E-state index contributed by atoms with van der Waals surface area (Å²) in [7, 11) is 0. The lowest BCUT2D eigenvalue weighted by Crippen LogP contribution is -2.32. The topological polar surface area (TPSA) is 72.2 Å². The standard InChI is InChI=1S/C13H14N2O3/c1-4-5-10(3)14-13(16)11-6-7-12(15(17)18)9(2)8-11/h1,6-8,10H,5H2,2-3H3,(H,14,16). The molecule has 0 heterocycles. The van der Waals surface area contributed by atoms with Gasteiger partial charge in [0.05, 0.1) is 4.92 Å². The number of nitrogens with one attached hydrogen (secondary N) is 1. The van der Waals surface area contributed by atoms with Crippen molar-refractivity contribution in [3.63, 3.8) is 0 Å². The summed E-state index contributed by atoms with van der Waals surface area (Å²) in [5, 5.41) is 13.4. The number of terminal acetylenes is 1. The van der Waals surface area contributed by atoms with E-state index in [-0.39, 0.29) is 17.6 Å². The molecule has 0 aromatic heterocycles. The Hall–Kier alpha value is -2.35. The Bertz CT molecular complexity index is 517. The number of aryl methyl sites for hydroxylation is 1. The smallest absolute Gasteiger partial charge is 0.272 e. The van der Waals surface area contributed by atoms with Crippen LogP contribution >= 0.6 is 0 Å². The molecule has 0 saturated carbocycles. The summed E-state index contributed by atoms with van der Waals surface area (Å²) >= 11 is 0. The number of nitro benzene ring substituents is 1. The van der Waals surface area contributed by atoms with Gasteiger partial charge >= 0.3 is 0 Å². The monoisotopic (exact) mass is 246 g/mol. The maximum atomic E-state index is 11.8. The van der Waals surface area contributed by atoms with Crippen LogP contribution in [0, 0.1) is 29.4 Å². The van der Waals surface area contributed by atoms with Crippen LogP contribution in [-0.2, 0) is 0 Å². The number of carbonyl (C=O) groups excluding carboxylic acids is 1. The van der Waals surface area contributed by atoms with Crippen molar-refractivity contribution in [2.75, 3.05) is 0 Å². The van der Waals surface area contributed by atoms with Crippen LogP contribution in [0.2, 0.25) is 0 Å². The second-order valence-corrected chi connectivity index (χ2v) is 4.04. The summed E-state index contributed by atoms with van der Waals surface area (Å²) in [6.07, 6.45) is 5.59. The summed E-state index contributed by atoms with van der Waals surface area (Å²) in [5.74, 6) is 2.17. The fraction of sp³-hybridized carbons (Fsp3) is 0.308. The fourth-order valence-corrected chi connectivity index (χ4v) is 1.54. The van der Waals surface area contributed by atoms with Gasteiger partial charge in [0.25, 0.3) is 11.6 Å². The lowest BCUT2D eigenvalue weighted by molar-refractivity contribution is -0.385.